The van der Waals surface area contributed by atoms with Crippen LogP contribution in [0.1, 0.15) is 13.3 Å². The van der Waals surface area contributed by atoms with Crippen LogP contribution in [0.4, 0.5) is 0 Å². The number of para-hydroxylation sites is 2. The lowest BCUT2D eigenvalue weighted by molar-refractivity contribution is -0.122. The Hall–Kier alpha value is -3.94. The number of fused-ring (bicyclic) bond motifs is 1. The fraction of sp³-hybridized carbons (Fsp3) is 0.250. The Bertz CT molecular complexity index is 1280. The van der Waals surface area contributed by atoms with Crippen molar-refractivity contribution in [2.75, 3.05) is 7.11 Å². The van der Waals surface area contributed by atoms with Gasteiger partial charge in [-0.05, 0) is 48.9 Å². The molecule has 1 amide bonds. The molecule has 0 saturated carbocycles. The quantitative estimate of drug-likeness (QED) is 0.463. The summed E-state index contributed by atoms with van der Waals surface area (Å²) in [6.45, 7) is 2.41. The van der Waals surface area contributed by atoms with E-state index >= 15 is 0 Å². The molecule has 2 aromatic carbocycles. The normalized spacial score (nSPS) is 11.9. The second-order valence-corrected chi connectivity index (χ2v) is 7.50. The summed E-state index contributed by atoms with van der Waals surface area (Å²) in [7, 11) is 1.61. The molecule has 0 radical (unpaired) electrons. The van der Waals surface area contributed by atoms with Crippen LogP contribution in [0.25, 0.3) is 22.3 Å². The second-order valence-electron chi connectivity index (χ2n) is 7.50. The highest BCUT2D eigenvalue weighted by molar-refractivity contribution is 5.80. The Labute approximate surface area is 185 Å². The molecule has 0 aliphatic heterocycles. The van der Waals surface area contributed by atoms with Gasteiger partial charge in [-0.3, -0.25) is 9.59 Å². The van der Waals surface area contributed by atoms with Crippen molar-refractivity contribution in [3.8, 4) is 17.0 Å². The molecule has 0 bridgehead atoms. The molecule has 0 aliphatic rings. The molecule has 0 saturated heterocycles. The van der Waals surface area contributed by atoms with Crippen LogP contribution in [0.3, 0.4) is 0 Å². The summed E-state index contributed by atoms with van der Waals surface area (Å²) in [5, 5.41) is 7.52. The van der Waals surface area contributed by atoms with Gasteiger partial charge >= 0.3 is 0 Å². The van der Waals surface area contributed by atoms with Gasteiger partial charge in [-0.1, -0.05) is 19.1 Å². The van der Waals surface area contributed by atoms with Gasteiger partial charge in [-0.2, -0.15) is 5.10 Å². The summed E-state index contributed by atoms with van der Waals surface area (Å²) in [4.78, 5) is 29.4. The zero-order valence-electron chi connectivity index (χ0n) is 18.1. The summed E-state index contributed by atoms with van der Waals surface area (Å²) in [6.07, 6.45) is 2.33. The number of hydrogen-bond acceptors (Lipinski definition) is 5. The number of ether oxygens (including phenoxy) is 1. The van der Waals surface area contributed by atoms with Crippen molar-refractivity contribution in [1.82, 2.24) is 24.6 Å². The van der Waals surface area contributed by atoms with Crippen LogP contribution in [-0.2, 0) is 17.9 Å². The molecule has 0 spiro atoms. The third kappa shape index (κ3) is 4.69. The van der Waals surface area contributed by atoms with Gasteiger partial charge in [0.2, 0.25) is 5.91 Å². The lowest BCUT2D eigenvalue weighted by Gasteiger charge is -2.18. The van der Waals surface area contributed by atoms with Crippen molar-refractivity contribution >= 4 is 16.9 Å². The molecule has 1 N–H and O–H groups in total. The van der Waals surface area contributed by atoms with Crippen molar-refractivity contribution in [2.45, 2.75) is 32.5 Å². The summed E-state index contributed by atoms with van der Waals surface area (Å²) in [6, 6.07) is 18.1. The minimum Gasteiger partial charge on any atom is -0.497 e. The van der Waals surface area contributed by atoms with E-state index in [1.165, 1.54) is 10.7 Å². The van der Waals surface area contributed by atoms with Crippen LogP contribution in [0.2, 0.25) is 0 Å². The molecule has 164 valence electrons. The van der Waals surface area contributed by atoms with E-state index in [0.717, 1.165) is 22.3 Å². The number of rotatable bonds is 8. The molecule has 4 rings (SSSR count). The second kappa shape index (κ2) is 9.47. The van der Waals surface area contributed by atoms with Crippen molar-refractivity contribution in [3.05, 3.63) is 77.3 Å². The monoisotopic (exact) mass is 431 g/mol. The standard InChI is InChI=1S/C24H25N5O3/c1-3-18(26-23(30)15-28-16-25-21-6-4-5-7-22(21)28)14-29-24(31)13-12-20(27-29)17-8-10-19(32-2)11-9-17/h4-13,16,18H,3,14-15H2,1-2H3,(H,26,30)/t18-/m1/s1. The highest BCUT2D eigenvalue weighted by atomic mass is 16.5. The first kappa shape index (κ1) is 21.3. The summed E-state index contributed by atoms with van der Waals surface area (Å²) < 4.78 is 8.41. The Morgan fingerprint density at radius 3 is 2.62 bits per heavy atom. The number of nitrogens with zero attached hydrogens (tertiary/aromatic N) is 4. The number of carbonyl (C=O) groups excluding carboxylic acids is 1. The molecule has 32 heavy (non-hydrogen) atoms. The van der Waals surface area contributed by atoms with E-state index in [9.17, 15) is 9.59 Å². The third-order valence-electron chi connectivity index (χ3n) is 5.34. The largest absolute Gasteiger partial charge is 0.497 e. The smallest absolute Gasteiger partial charge is 0.266 e. The molecule has 0 fully saturated rings. The van der Waals surface area contributed by atoms with Gasteiger partial charge in [0.25, 0.3) is 5.56 Å². The minimum atomic E-state index is -0.228. The molecule has 0 aliphatic carbocycles. The Kier molecular flexibility index (Phi) is 6.30. The maximum atomic E-state index is 12.7. The first-order valence-electron chi connectivity index (χ1n) is 10.5. The molecular formula is C24H25N5O3. The molecule has 8 heteroatoms. The fourth-order valence-electron chi connectivity index (χ4n) is 3.55. The summed E-state index contributed by atoms with van der Waals surface area (Å²) >= 11 is 0. The van der Waals surface area contributed by atoms with Crippen LogP contribution < -0.4 is 15.6 Å². The molecule has 2 aromatic heterocycles. The SMILES string of the molecule is CC[C@H](Cn1nc(-c2ccc(OC)cc2)ccc1=O)NC(=O)Cn1cnc2ccccc21. The lowest BCUT2D eigenvalue weighted by atomic mass is 10.1. The zero-order valence-corrected chi connectivity index (χ0v) is 18.1. The number of carbonyl (C=O) groups is 1. The third-order valence-corrected chi connectivity index (χ3v) is 5.34. The van der Waals surface area contributed by atoms with Gasteiger partial charge in [-0.15, -0.1) is 0 Å². The summed E-state index contributed by atoms with van der Waals surface area (Å²) in [5.41, 5.74) is 3.09. The predicted octanol–water partition coefficient (Wildman–Crippen LogP) is 2.86. The van der Waals surface area contributed by atoms with Gasteiger partial charge in [0.05, 0.1) is 36.7 Å². The molecular weight excluding hydrogens is 406 g/mol. The maximum Gasteiger partial charge on any atom is 0.266 e. The van der Waals surface area contributed by atoms with E-state index in [1.54, 1.807) is 19.5 Å². The van der Waals surface area contributed by atoms with Crippen molar-refractivity contribution in [2.24, 2.45) is 0 Å². The number of imidazole rings is 1. The highest BCUT2D eigenvalue weighted by Crippen LogP contribution is 2.19. The minimum absolute atomic E-state index is 0.139. The Morgan fingerprint density at radius 2 is 1.88 bits per heavy atom. The average Bonchev–Trinajstić information content (AvgIpc) is 3.22. The zero-order chi connectivity index (χ0) is 22.5. The van der Waals surface area contributed by atoms with Gasteiger partial charge in [0.1, 0.15) is 12.3 Å². The van der Waals surface area contributed by atoms with Gasteiger partial charge in [0.15, 0.2) is 0 Å². The van der Waals surface area contributed by atoms with Crippen molar-refractivity contribution in [3.63, 3.8) is 0 Å². The van der Waals surface area contributed by atoms with E-state index < -0.39 is 0 Å². The number of benzene rings is 2. The maximum absolute atomic E-state index is 12.7. The van der Waals surface area contributed by atoms with Crippen LogP contribution in [0.5, 0.6) is 5.75 Å². The average molecular weight is 431 g/mol. The number of methoxy groups -OCH3 is 1. The number of nitrogens with one attached hydrogen (secondary N) is 1. The van der Waals surface area contributed by atoms with E-state index in [1.807, 2.05) is 60.0 Å². The van der Waals surface area contributed by atoms with E-state index in [-0.39, 0.29) is 30.6 Å². The van der Waals surface area contributed by atoms with Crippen LogP contribution >= 0.6 is 0 Å². The summed E-state index contributed by atoms with van der Waals surface area (Å²) in [5.74, 6) is 0.612. The van der Waals surface area contributed by atoms with E-state index in [2.05, 4.69) is 15.4 Å². The van der Waals surface area contributed by atoms with Crippen molar-refractivity contribution < 1.29 is 9.53 Å². The number of amides is 1. The topological polar surface area (TPSA) is 91.0 Å². The highest BCUT2D eigenvalue weighted by Gasteiger charge is 2.15. The Balaban J connectivity index is 1.46. The first-order valence-corrected chi connectivity index (χ1v) is 10.5. The van der Waals surface area contributed by atoms with Crippen molar-refractivity contribution in [1.29, 1.82) is 0 Å². The number of hydrogen-bond donors (Lipinski definition) is 1. The molecule has 4 aromatic rings. The van der Waals surface area contributed by atoms with Gasteiger partial charge in [-0.25, -0.2) is 9.67 Å². The van der Waals surface area contributed by atoms with Gasteiger partial charge in [0, 0.05) is 17.7 Å². The van der Waals surface area contributed by atoms with Gasteiger partial charge < -0.3 is 14.6 Å². The Morgan fingerprint density at radius 1 is 1.09 bits per heavy atom. The molecule has 8 nitrogen and oxygen atoms in total. The van der Waals surface area contributed by atoms with Crippen LogP contribution in [0, 0.1) is 0 Å². The molecule has 0 unspecified atom stereocenters. The molecule has 1 atom stereocenters. The van der Waals surface area contributed by atoms with Crippen LogP contribution in [0.15, 0.2) is 71.8 Å². The fourth-order valence-corrected chi connectivity index (χ4v) is 3.55. The number of aromatic nitrogens is 4. The molecule has 2 heterocycles. The van der Waals surface area contributed by atoms with E-state index in [4.69, 9.17) is 4.74 Å². The first-order chi connectivity index (χ1) is 15.6. The van der Waals surface area contributed by atoms with E-state index in [0.29, 0.717) is 12.1 Å². The van der Waals surface area contributed by atoms with Crippen LogP contribution in [-0.4, -0.2) is 38.4 Å². The predicted molar refractivity (Wildman–Crippen MR) is 122 cm³/mol. The lowest BCUT2D eigenvalue weighted by Crippen LogP contribution is -2.41.